The quantitative estimate of drug-likeness (QED) is 0.336. The van der Waals surface area contributed by atoms with Gasteiger partial charge in [0.25, 0.3) is 0 Å². The Hall–Kier alpha value is -0.986. The SMILES string of the molecule is Cl.Cl.[C-]1=CC=CC1.[CH3-].[CH3-].[CH3-].[CH3-].[CH3-].[Ti].c1ccc([N-]c2ccccc2)cc1. The van der Waals surface area contributed by atoms with Gasteiger partial charge in [-0.15, -0.1) is 42.6 Å². The predicted octanol–water partition coefficient (Wildman–Crippen LogP) is 8.42. The van der Waals surface area contributed by atoms with Gasteiger partial charge >= 0.3 is 0 Å². The van der Waals surface area contributed by atoms with E-state index in [1.54, 1.807) is 0 Å². The molecule has 0 spiro atoms. The van der Waals surface area contributed by atoms with Crippen molar-refractivity contribution in [3.63, 3.8) is 0 Å². The van der Waals surface area contributed by atoms with Crippen molar-refractivity contribution in [2.75, 3.05) is 0 Å². The molecule has 2 aromatic carbocycles. The van der Waals surface area contributed by atoms with E-state index in [1.165, 1.54) is 0 Å². The van der Waals surface area contributed by atoms with Crippen LogP contribution in [0.15, 0.2) is 78.9 Å². The van der Waals surface area contributed by atoms with Crippen LogP contribution in [0, 0.1) is 43.2 Å². The van der Waals surface area contributed by atoms with Gasteiger partial charge in [0.15, 0.2) is 0 Å². The van der Waals surface area contributed by atoms with Crippen LogP contribution in [0.3, 0.4) is 0 Å². The molecule has 0 unspecified atom stereocenters. The minimum absolute atomic E-state index is 0. The number of allylic oxidation sites excluding steroid dienone is 4. The van der Waals surface area contributed by atoms with Crippen LogP contribution >= 0.6 is 24.8 Å². The van der Waals surface area contributed by atoms with Gasteiger partial charge in [-0.25, -0.2) is 12.2 Å². The Kier molecular flexibility index (Phi) is 49.2. The standard InChI is InChI=1S/C12H10N.C5H5.5CH3.2ClH.Ti/c1-3-7-11(8-4-1)13-12-9-5-2-6-10-12;1-2-4-5-3-1;;;;;;;;/h1-10H;1-3H,4H2;5*1H3;2*1H;/q7*-1;;;. The fraction of sp³-hybridized carbons (Fsp3) is 0.0455. The molecule has 0 saturated carbocycles. The van der Waals surface area contributed by atoms with Gasteiger partial charge < -0.3 is 42.5 Å². The number of halogens is 2. The normalized spacial score (nSPS) is 8.15. The minimum Gasteiger partial charge on any atom is -0.658 e. The summed E-state index contributed by atoms with van der Waals surface area (Å²) in [6, 6.07) is 19.9. The molecular formula is C22H32Cl2NTi-7. The molecule has 0 aliphatic heterocycles. The van der Waals surface area contributed by atoms with Crippen molar-refractivity contribution >= 4 is 36.2 Å². The van der Waals surface area contributed by atoms with E-state index in [0.29, 0.717) is 0 Å². The average Bonchev–Trinajstić information content (AvgIpc) is 3.00. The van der Waals surface area contributed by atoms with E-state index in [4.69, 9.17) is 0 Å². The summed E-state index contributed by atoms with van der Waals surface area (Å²) in [5.41, 5.74) is 1.99. The summed E-state index contributed by atoms with van der Waals surface area (Å²) in [6.07, 6.45) is 10.0. The third-order valence-corrected chi connectivity index (χ3v) is 2.36. The van der Waals surface area contributed by atoms with E-state index in [2.05, 4.69) is 17.5 Å². The first kappa shape index (κ1) is 44.5. The number of benzene rings is 2. The molecule has 0 N–H and O–H groups in total. The van der Waals surface area contributed by atoms with Crippen molar-refractivity contribution < 1.29 is 21.7 Å². The smallest absolute Gasteiger partial charge is 0 e. The first-order chi connectivity index (χ1) is 8.95. The van der Waals surface area contributed by atoms with E-state index in [1.807, 2.05) is 72.8 Å². The van der Waals surface area contributed by atoms with Crippen molar-refractivity contribution in [1.29, 1.82) is 0 Å². The van der Waals surface area contributed by atoms with Crippen LogP contribution in [0.25, 0.3) is 5.32 Å². The molecule has 0 aromatic heterocycles. The average molecular weight is 429 g/mol. The summed E-state index contributed by atoms with van der Waals surface area (Å²) < 4.78 is 0. The summed E-state index contributed by atoms with van der Waals surface area (Å²) in [7, 11) is 0. The van der Waals surface area contributed by atoms with E-state index < -0.39 is 0 Å². The molecule has 2 aromatic rings. The Balaban J connectivity index is -0.0000000500. The Morgan fingerprint density at radius 3 is 1.27 bits per heavy atom. The van der Waals surface area contributed by atoms with Gasteiger partial charge in [-0.1, -0.05) is 60.7 Å². The molecule has 0 heterocycles. The summed E-state index contributed by atoms with van der Waals surface area (Å²) >= 11 is 0. The second kappa shape index (κ2) is 28.8. The van der Waals surface area contributed by atoms with E-state index in [9.17, 15) is 0 Å². The molecular weight excluding hydrogens is 397 g/mol. The van der Waals surface area contributed by atoms with Gasteiger partial charge in [0.05, 0.1) is 0 Å². The number of hydrogen-bond acceptors (Lipinski definition) is 0. The number of rotatable bonds is 2. The molecule has 3 rings (SSSR count). The summed E-state index contributed by atoms with van der Waals surface area (Å²) in [5, 5.41) is 4.44. The second-order valence-electron chi connectivity index (χ2n) is 3.79. The molecule has 0 amide bonds. The maximum absolute atomic E-state index is 4.44. The van der Waals surface area contributed by atoms with Crippen LogP contribution in [0.5, 0.6) is 0 Å². The maximum Gasteiger partial charge on any atom is 0 e. The topological polar surface area (TPSA) is 14.1 Å². The molecule has 0 bridgehead atoms. The summed E-state index contributed by atoms with van der Waals surface area (Å²) in [5.74, 6) is 0. The van der Waals surface area contributed by atoms with Crippen molar-refractivity contribution in [1.82, 2.24) is 0 Å². The van der Waals surface area contributed by atoms with Crippen molar-refractivity contribution in [3.05, 3.63) is 127 Å². The van der Waals surface area contributed by atoms with Crippen LogP contribution in [-0.4, -0.2) is 0 Å². The fourth-order valence-corrected chi connectivity index (χ4v) is 1.49. The van der Waals surface area contributed by atoms with Gasteiger partial charge in [-0.2, -0.15) is 6.08 Å². The first-order valence-electron chi connectivity index (χ1n) is 5.99. The summed E-state index contributed by atoms with van der Waals surface area (Å²) in [6.45, 7) is 0. The van der Waals surface area contributed by atoms with E-state index in [0.717, 1.165) is 17.8 Å². The zero-order valence-corrected chi connectivity index (χ0v) is 19.7. The molecule has 0 atom stereocenters. The van der Waals surface area contributed by atoms with Gasteiger partial charge in [-0.3, -0.25) is 6.08 Å². The Morgan fingerprint density at radius 2 is 1.04 bits per heavy atom. The molecule has 1 aliphatic carbocycles. The molecule has 1 aliphatic rings. The Morgan fingerprint density at radius 1 is 0.654 bits per heavy atom. The van der Waals surface area contributed by atoms with E-state index >= 15 is 0 Å². The number of hydrogen-bond donors (Lipinski definition) is 0. The van der Waals surface area contributed by atoms with Gasteiger partial charge in [0.2, 0.25) is 0 Å². The number of para-hydroxylation sites is 2. The zero-order chi connectivity index (χ0) is 12.5. The van der Waals surface area contributed by atoms with Crippen LogP contribution in [0.2, 0.25) is 0 Å². The van der Waals surface area contributed by atoms with Gasteiger partial charge in [0.1, 0.15) is 0 Å². The molecule has 0 fully saturated rings. The third kappa shape index (κ3) is 19.3. The molecule has 26 heavy (non-hydrogen) atoms. The van der Waals surface area contributed by atoms with Crippen LogP contribution in [0.4, 0.5) is 11.4 Å². The third-order valence-electron chi connectivity index (χ3n) is 2.36. The molecule has 150 valence electrons. The molecule has 0 radical (unpaired) electrons. The first-order valence-corrected chi connectivity index (χ1v) is 5.99. The fourth-order valence-electron chi connectivity index (χ4n) is 1.49. The van der Waals surface area contributed by atoms with Crippen LogP contribution < -0.4 is 0 Å². The van der Waals surface area contributed by atoms with Gasteiger partial charge in [0, 0.05) is 21.7 Å². The monoisotopic (exact) mass is 428 g/mol. The summed E-state index contributed by atoms with van der Waals surface area (Å²) in [4.78, 5) is 0. The van der Waals surface area contributed by atoms with Crippen LogP contribution in [-0.2, 0) is 21.7 Å². The van der Waals surface area contributed by atoms with Gasteiger partial charge in [-0.05, 0) is 0 Å². The predicted molar refractivity (Wildman–Crippen MR) is 124 cm³/mol. The van der Waals surface area contributed by atoms with Crippen LogP contribution in [0.1, 0.15) is 6.42 Å². The number of nitrogens with zero attached hydrogens (tertiary/aromatic N) is 1. The van der Waals surface area contributed by atoms with Crippen molar-refractivity contribution in [2.45, 2.75) is 6.42 Å². The van der Waals surface area contributed by atoms with Crippen molar-refractivity contribution in [2.24, 2.45) is 0 Å². The Labute approximate surface area is 191 Å². The second-order valence-corrected chi connectivity index (χ2v) is 3.79. The molecule has 1 nitrogen and oxygen atoms in total. The van der Waals surface area contributed by atoms with Crippen molar-refractivity contribution in [3.8, 4) is 0 Å². The largest absolute Gasteiger partial charge is 0.658 e. The van der Waals surface area contributed by atoms with E-state index in [-0.39, 0.29) is 83.7 Å². The molecule has 0 saturated heterocycles. The Bertz CT molecular complexity index is 467. The molecule has 4 heteroatoms. The maximum atomic E-state index is 4.44. The zero-order valence-electron chi connectivity index (χ0n) is 16.5. The minimum atomic E-state index is 0.